The normalized spacial score (nSPS) is 16.2. The van der Waals surface area contributed by atoms with Crippen molar-refractivity contribution in [1.29, 1.82) is 0 Å². The zero-order chi connectivity index (χ0) is 10.6. The lowest BCUT2D eigenvalue weighted by Gasteiger charge is -1.97. The molecular weight excluding hydrogens is 198 g/mol. The van der Waals surface area contributed by atoms with Crippen LogP contribution in [0, 0.1) is 18.6 Å². The van der Waals surface area contributed by atoms with E-state index in [0.29, 0.717) is 11.4 Å². The standard InChI is InChI=1S/C11H10F2N2/c1-5-7(12)4-8-10(9(5)13)15-11(14-8)6-2-3-6/h4,6H,2-3H2,1H3,(H,14,15). The molecule has 1 N–H and O–H groups in total. The average Bonchev–Trinajstić information content (AvgIpc) is 2.97. The second kappa shape index (κ2) is 2.78. The maximum atomic E-state index is 13.6. The first-order chi connectivity index (χ1) is 7.16. The number of nitrogens with zero attached hydrogens (tertiary/aromatic N) is 1. The van der Waals surface area contributed by atoms with E-state index in [4.69, 9.17) is 0 Å². The van der Waals surface area contributed by atoms with Gasteiger partial charge in [-0.2, -0.15) is 0 Å². The van der Waals surface area contributed by atoms with Crippen molar-refractivity contribution in [2.24, 2.45) is 0 Å². The molecule has 4 heteroatoms. The van der Waals surface area contributed by atoms with Gasteiger partial charge in [0.15, 0.2) is 5.82 Å². The summed E-state index contributed by atoms with van der Waals surface area (Å²) >= 11 is 0. The van der Waals surface area contributed by atoms with Crippen molar-refractivity contribution in [2.75, 3.05) is 0 Å². The molecule has 78 valence electrons. The smallest absolute Gasteiger partial charge is 0.156 e. The van der Waals surface area contributed by atoms with Crippen LogP contribution in [0.1, 0.15) is 30.1 Å². The predicted molar refractivity (Wildman–Crippen MR) is 52.7 cm³/mol. The van der Waals surface area contributed by atoms with Crippen LogP contribution >= 0.6 is 0 Å². The largest absolute Gasteiger partial charge is 0.342 e. The van der Waals surface area contributed by atoms with Crippen molar-refractivity contribution in [1.82, 2.24) is 9.97 Å². The molecule has 1 heterocycles. The Kier molecular flexibility index (Phi) is 1.63. The van der Waals surface area contributed by atoms with E-state index in [1.54, 1.807) is 0 Å². The second-order valence-corrected chi connectivity index (χ2v) is 4.09. The Balaban J connectivity index is 2.29. The topological polar surface area (TPSA) is 28.7 Å². The van der Waals surface area contributed by atoms with E-state index >= 15 is 0 Å². The molecule has 1 saturated carbocycles. The van der Waals surface area contributed by atoms with E-state index in [9.17, 15) is 8.78 Å². The number of halogens is 2. The van der Waals surface area contributed by atoms with Crippen LogP contribution < -0.4 is 0 Å². The highest BCUT2D eigenvalue weighted by molar-refractivity contribution is 5.77. The average molecular weight is 208 g/mol. The Morgan fingerprint density at radius 2 is 2.13 bits per heavy atom. The lowest BCUT2D eigenvalue weighted by molar-refractivity contribution is 0.575. The third-order valence-corrected chi connectivity index (χ3v) is 2.88. The van der Waals surface area contributed by atoms with E-state index < -0.39 is 11.6 Å². The van der Waals surface area contributed by atoms with Crippen LogP contribution in [0.3, 0.4) is 0 Å². The Labute approximate surface area is 85.3 Å². The first-order valence-electron chi connectivity index (χ1n) is 5.01. The second-order valence-electron chi connectivity index (χ2n) is 4.09. The summed E-state index contributed by atoms with van der Waals surface area (Å²) in [6.45, 7) is 1.43. The molecule has 15 heavy (non-hydrogen) atoms. The number of hydrogen-bond acceptors (Lipinski definition) is 1. The Morgan fingerprint density at radius 1 is 1.40 bits per heavy atom. The summed E-state index contributed by atoms with van der Waals surface area (Å²) in [6.07, 6.45) is 2.17. The van der Waals surface area contributed by atoms with E-state index in [1.165, 1.54) is 13.0 Å². The van der Waals surface area contributed by atoms with Crippen LogP contribution in [0.2, 0.25) is 0 Å². The SMILES string of the molecule is Cc1c(F)cc2[nH]c(C3CC3)nc2c1F. The molecule has 0 spiro atoms. The van der Waals surface area contributed by atoms with E-state index in [1.807, 2.05) is 0 Å². The van der Waals surface area contributed by atoms with Crippen molar-refractivity contribution < 1.29 is 8.78 Å². The molecule has 0 radical (unpaired) electrons. The zero-order valence-corrected chi connectivity index (χ0v) is 8.27. The van der Waals surface area contributed by atoms with Gasteiger partial charge in [-0.3, -0.25) is 0 Å². The molecule has 2 nitrogen and oxygen atoms in total. The Bertz CT molecular complexity index is 541. The van der Waals surface area contributed by atoms with Crippen LogP contribution in [-0.4, -0.2) is 9.97 Å². The van der Waals surface area contributed by atoms with Gasteiger partial charge in [0.25, 0.3) is 0 Å². The van der Waals surface area contributed by atoms with Crippen molar-refractivity contribution >= 4 is 11.0 Å². The van der Waals surface area contributed by atoms with Gasteiger partial charge < -0.3 is 4.98 Å². The van der Waals surface area contributed by atoms with Crippen molar-refractivity contribution in [3.63, 3.8) is 0 Å². The van der Waals surface area contributed by atoms with Crippen molar-refractivity contribution in [2.45, 2.75) is 25.7 Å². The number of aromatic amines is 1. The summed E-state index contributed by atoms with van der Waals surface area (Å²) in [5, 5.41) is 0. The van der Waals surface area contributed by atoms with Gasteiger partial charge >= 0.3 is 0 Å². The van der Waals surface area contributed by atoms with E-state index in [-0.39, 0.29) is 11.1 Å². The quantitative estimate of drug-likeness (QED) is 0.766. The fraction of sp³-hybridized carbons (Fsp3) is 0.364. The number of imidazole rings is 1. The van der Waals surface area contributed by atoms with E-state index in [2.05, 4.69) is 9.97 Å². The molecule has 2 aromatic rings. The van der Waals surface area contributed by atoms with Gasteiger partial charge in [-0.25, -0.2) is 13.8 Å². The van der Waals surface area contributed by atoms with Crippen LogP contribution in [0.15, 0.2) is 6.07 Å². The van der Waals surface area contributed by atoms with Gasteiger partial charge in [0, 0.05) is 17.5 Å². The number of benzene rings is 1. The Morgan fingerprint density at radius 3 is 2.80 bits per heavy atom. The van der Waals surface area contributed by atoms with Crippen molar-refractivity contribution in [3.8, 4) is 0 Å². The molecule has 1 aromatic carbocycles. The molecule has 1 aliphatic rings. The van der Waals surface area contributed by atoms with E-state index in [0.717, 1.165) is 18.7 Å². The molecule has 1 aromatic heterocycles. The summed E-state index contributed by atoms with van der Waals surface area (Å²) in [5.74, 6) is 0.133. The number of rotatable bonds is 1. The van der Waals surface area contributed by atoms with Crippen LogP contribution in [0.5, 0.6) is 0 Å². The molecule has 0 bridgehead atoms. The minimum absolute atomic E-state index is 0.0383. The highest BCUT2D eigenvalue weighted by Crippen LogP contribution is 2.39. The third kappa shape index (κ3) is 1.24. The Hall–Kier alpha value is -1.45. The van der Waals surface area contributed by atoms with Crippen LogP contribution in [-0.2, 0) is 0 Å². The molecule has 3 rings (SSSR count). The molecule has 0 unspecified atom stereocenters. The first kappa shape index (κ1) is 8.83. The number of nitrogens with one attached hydrogen (secondary N) is 1. The lowest BCUT2D eigenvalue weighted by atomic mass is 10.2. The molecule has 0 aliphatic heterocycles. The first-order valence-corrected chi connectivity index (χ1v) is 5.01. The minimum Gasteiger partial charge on any atom is -0.342 e. The molecule has 1 aliphatic carbocycles. The maximum Gasteiger partial charge on any atom is 0.156 e. The zero-order valence-electron chi connectivity index (χ0n) is 8.27. The van der Waals surface area contributed by atoms with Gasteiger partial charge in [0.2, 0.25) is 0 Å². The molecular formula is C11H10F2N2. The minimum atomic E-state index is -0.548. The highest BCUT2D eigenvalue weighted by Gasteiger charge is 2.27. The number of aromatic nitrogens is 2. The third-order valence-electron chi connectivity index (χ3n) is 2.88. The molecule has 0 saturated heterocycles. The summed E-state index contributed by atoms with van der Waals surface area (Å²) in [6, 6.07) is 1.31. The summed E-state index contributed by atoms with van der Waals surface area (Å²) in [5.41, 5.74) is 0.754. The van der Waals surface area contributed by atoms with Gasteiger partial charge in [-0.15, -0.1) is 0 Å². The molecule has 1 fully saturated rings. The van der Waals surface area contributed by atoms with Crippen molar-refractivity contribution in [3.05, 3.63) is 29.1 Å². The number of fused-ring (bicyclic) bond motifs is 1. The highest BCUT2D eigenvalue weighted by atomic mass is 19.1. The number of H-pyrrole nitrogens is 1. The van der Waals surface area contributed by atoms with Gasteiger partial charge in [0.05, 0.1) is 5.52 Å². The monoisotopic (exact) mass is 208 g/mol. The number of hydrogen-bond donors (Lipinski definition) is 1. The molecule has 0 amide bonds. The summed E-state index contributed by atoms with van der Waals surface area (Å²) in [4.78, 5) is 7.15. The summed E-state index contributed by atoms with van der Waals surface area (Å²) in [7, 11) is 0. The lowest BCUT2D eigenvalue weighted by Crippen LogP contribution is -1.89. The fourth-order valence-corrected chi connectivity index (χ4v) is 1.75. The molecule has 0 atom stereocenters. The maximum absolute atomic E-state index is 13.6. The van der Waals surface area contributed by atoms with Crippen LogP contribution in [0.25, 0.3) is 11.0 Å². The van der Waals surface area contributed by atoms with Crippen LogP contribution in [0.4, 0.5) is 8.78 Å². The van der Waals surface area contributed by atoms with Gasteiger partial charge in [0.1, 0.15) is 17.2 Å². The fourth-order valence-electron chi connectivity index (χ4n) is 1.75. The summed E-state index contributed by atoms with van der Waals surface area (Å²) < 4.78 is 26.9. The van der Waals surface area contributed by atoms with Gasteiger partial charge in [-0.1, -0.05) is 0 Å². The predicted octanol–water partition coefficient (Wildman–Crippen LogP) is 3.03. The van der Waals surface area contributed by atoms with Gasteiger partial charge in [-0.05, 0) is 19.8 Å².